The first kappa shape index (κ1) is 14.0. The number of amides is 1. The van der Waals surface area contributed by atoms with Gasteiger partial charge in [-0.1, -0.05) is 0 Å². The van der Waals surface area contributed by atoms with E-state index in [1.165, 1.54) is 12.1 Å². The van der Waals surface area contributed by atoms with Gasteiger partial charge in [-0.3, -0.25) is 9.78 Å². The predicted octanol–water partition coefficient (Wildman–Crippen LogP) is 2.47. The van der Waals surface area contributed by atoms with Crippen LogP contribution in [0.15, 0.2) is 42.7 Å². The fourth-order valence-corrected chi connectivity index (χ4v) is 1.93. The van der Waals surface area contributed by atoms with E-state index in [0.717, 1.165) is 11.6 Å². The van der Waals surface area contributed by atoms with Crippen LogP contribution in [0.25, 0.3) is 0 Å². The molecule has 4 nitrogen and oxygen atoms in total. The number of nitrogen functional groups attached to an aromatic ring is 1. The quantitative estimate of drug-likeness (QED) is 0.870. The lowest BCUT2D eigenvalue weighted by molar-refractivity contribution is 0.0753. The number of aromatic nitrogens is 1. The molecule has 0 radical (unpaired) electrons. The maximum atomic E-state index is 13.0. The first-order valence-corrected chi connectivity index (χ1v) is 6.35. The SMILES string of the molecule is CCN(Cc1ccncc1)C(=O)c1ccc(F)cc1N. The zero-order chi connectivity index (χ0) is 14.5. The summed E-state index contributed by atoms with van der Waals surface area (Å²) in [7, 11) is 0. The van der Waals surface area contributed by atoms with Gasteiger partial charge in [0.05, 0.1) is 5.56 Å². The summed E-state index contributed by atoms with van der Waals surface area (Å²) in [4.78, 5) is 18.0. The minimum atomic E-state index is -0.448. The van der Waals surface area contributed by atoms with Crippen molar-refractivity contribution in [2.75, 3.05) is 12.3 Å². The molecular formula is C15H16FN3O. The van der Waals surface area contributed by atoms with Crippen LogP contribution in [0.2, 0.25) is 0 Å². The van der Waals surface area contributed by atoms with Crippen LogP contribution >= 0.6 is 0 Å². The first-order chi connectivity index (χ1) is 9.61. The van der Waals surface area contributed by atoms with Gasteiger partial charge in [-0.05, 0) is 42.8 Å². The number of nitrogens with two attached hydrogens (primary N) is 1. The van der Waals surface area contributed by atoms with E-state index in [2.05, 4.69) is 4.98 Å². The monoisotopic (exact) mass is 273 g/mol. The predicted molar refractivity (Wildman–Crippen MR) is 75.5 cm³/mol. The van der Waals surface area contributed by atoms with E-state index in [-0.39, 0.29) is 11.6 Å². The van der Waals surface area contributed by atoms with Crippen LogP contribution in [0.1, 0.15) is 22.8 Å². The maximum absolute atomic E-state index is 13.0. The minimum absolute atomic E-state index is 0.156. The number of hydrogen-bond acceptors (Lipinski definition) is 3. The van der Waals surface area contributed by atoms with Crippen molar-refractivity contribution in [1.82, 2.24) is 9.88 Å². The van der Waals surface area contributed by atoms with Gasteiger partial charge in [0.1, 0.15) is 5.82 Å². The van der Waals surface area contributed by atoms with Crippen molar-refractivity contribution in [1.29, 1.82) is 0 Å². The van der Waals surface area contributed by atoms with Gasteiger partial charge in [0.2, 0.25) is 0 Å². The summed E-state index contributed by atoms with van der Waals surface area (Å²) in [6.07, 6.45) is 3.36. The number of hydrogen-bond donors (Lipinski definition) is 1. The zero-order valence-corrected chi connectivity index (χ0v) is 11.2. The van der Waals surface area contributed by atoms with E-state index < -0.39 is 5.82 Å². The van der Waals surface area contributed by atoms with Crippen molar-refractivity contribution in [3.63, 3.8) is 0 Å². The molecule has 1 heterocycles. The van der Waals surface area contributed by atoms with Crippen LogP contribution in [0, 0.1) is 5.82 Å². The van der Waals surface area contributed by atoms with Crippen LogP contribution in [-0.2, 0) is 6.54 Å². The van der Waals surface area contributed by atoms with Gasteiger partial charge in [0.25, 0.3) is 5.91 Å². The molecule has 0 saturated heterocycles. The van der Waals surface area contributed by atoms with Crippen molar-refractivity contribution in [2.45, 2.75) is 13.5 Å². The van der Waals surface area contributed by atoms with Gasteiger partial charge in [-0.15, -0.1) is 0 Å². The molecule has 0 aliphatic carbocycles. The maximum Gasteiger partial charge on any atom is 0.256 e. The second kappa shape index (κ2) is 6.14. The molecule has 1 aromatic carbocycles. The van der Waals surface area contributed by atoms with Crippen molar-refractivity contribution in [3.8, 4) is 0 Å². The Morgan fingerprint density at radius 3 is 2.60 bits per heavy atom. The Kier molecular flexibility index (Phi) is 4.30. The van der Waals surface area contributed by atoms with Gasteiger partial charge in [0, 0.05) is 31.2 Å². The van der Waals surface area contributed by atoms with Crippen molar-refractivity contribution in [3.05, 3.63) is 59.7 Å². The molecule has 0 fully saturated rings. The first-order valence-electron chi connectivity index (χ1n) is 6.35. The average Bonchev–Trinajstić information content (AvgIpc) is 2.45. The Balaban J connectivity index is 2.21. The van der Waals surface area contributed by atoms with Gasteiger partial charge in [-0.2, -0.15) is 0 Å². The van der Waals surface area contributed by atoms with Crippen LogP contribution in [0.4, 0.5) is 10.1 Å². The van der Waals surface area contributed by atoms with E-state index >= 15 is 0 Å². The topological polar surface area (TPSA) is 59.2 Å². The van der Waals surface area contributed by atoms with E-state index in [1.54, 1.807) is 17.3 Å². The third kappa shape index (κ3) is 3.12. The lowest BCUT2D eigenvalue weighted by Crippen LogP contribution is -2.30. The molecule has 104 valence electrons. The summed E-state index contributed by atoms with van der Waals surface area (Å²) < 4.78 is 13.0. The zero-order valence-electron chi connectivity index (χ0n) is 11.2. The number of pyridine rings is 1. The average molecular weight is 273 g/mol. The normalized spacial score (nSPS) is 10.3. The molecule has 0 aliphatic rings. The van der Waals surface area contributed by atoms with Gasteiger partial charge >= 0.3 is 0 Å². The molecule has 5 heteroatoms. The summed E-state index contributed by atoms with van der Waals surface area (Å²) in [5, 5.41) is 0. The Morgan fingerprint density at radius 1 is 1.30 bits per heavy atom. The largest absolute Gasteiger partial charge is 0.398 e. The second-order valence-electron chi connectivity index (χ2n) is 4.41. The molecule has 2 aromatic rings. The summed E-state index contributed by atoms with van der Waals surface area (Å²) in [5.74, 6) is -0.655. The van der Waals surface area contributed by atoms with Crippen molar-refractivity contribution >= 4 is 11.6 Å². The second-order valence-corrected chi connectivity index (χ2v) is 4.41. The Hall–Kier alpha value is -2.43. The molecule has 0 atom stereocenters. The third-order valence-corrected chi connectivity index (χ3v) is 3.04. The number of anilines is 1. The van der Waals surface area contributed by atoms with Crippen LogP contribution < -0.4 is 5.73 Å². The molecular weight excluding hydrogens is 257 g/mol. The minimum Gasteiger partial charge on any atom is -0.398 e. The molecule has 0 aliphatic heterocycles. The lowest BCUT2D eigenvalue weighted by atomic mass is 10.1. The van der Waals surface area contributed by atoms with E-state index in [1.807, 2.05) is 19.1 Å². The van der Waals surface area contributed by atoms with Gasteiger partial charge in [0.15, 0.2) is 0 Å². The lowest BCUT2D eigenvalue weighted by Gasteiger charge is -2.21. The fraction of sp³-hybridized carbons (Fsp3) is 0.200. The van der Waals surface area contributed by atoms with Crippen LogP contribution in [0.3, 0.4) is 0 Å². The molecule has 1 aromatic heterocycles. The highest BCUT2D eigenvalue weighted by atomic mass is 19.1. The highest BCUT2D eigenvalue weighted by Gasteiger charge is 2.17. The van der Waals surface area contributed by atoms with Gasteiger partial charge < -0.3 is 10.6 Å². The molecule has 0 spiro atoms. The molecule has 0 unspecified atom stereocenters. The molecule has 2 N–H and O–H groups in total. The summed E-state index contributed by atoms with van der Waals surface area (Å²) in [5.41, 5.74) is 7.17. The van der Waals surface area contributed by atoms with Crippen LogP contribution in [0.5, 0.6) is 0 Å². The smallest absolute Gasteiger partial charge is 0.256 e. The molecule has 0 bridgehead atoms. The van der Waals surface area contributed by atoms with E-state index in [4.69, 9.17) is 5.73 Å². The summed E-state index contributed by atoms with van der Waals surface area (Å²) in [6, 6.07) is 7.52. The standard InChI is InChI=1S/C15H16FN3O/c1-2-19(10-11-5-7-18-8-6-11)15(20)13-4-3-12(16)9-14(13)17/h3-9H,2,10,17H2,1H3. The van der Waals surface area contributed by atoms with Crippen LogP contribution in [-0.4, -0.2) is 22.3 Å². The number of carbonyl (C=O) groups excluding carboxylic acids is 1. The highest BCUT2D eigenvalue weighted by Crippen LogP contribution is 2.17. The Bertz CT molecular complexity index is 601. The molecule has 2 rings (SSSR count). The van der Waals surface area contributed by atoms with Crippen molar-refractivity contribution < 1.29 is 9.18 Å². The summed E-state index contributed by atoms with van der Waals surface area (Å²) >= 11 is 0. The third-order valence-electron chi connectivity index (χ3n) is 3.04. The van der Waals surface area contributed by atoms with Gasteiger partial charge in [-0.25, -0.2) is 4.39 Å². The Labute approximate surface area is 117 Å². The van der Waals surface area contributed by atoms with E-state index in [9.17, 15) is 9.18 Å². The summed E-state index contributed by atoms with van der Waals surface area (Å²) in [6.45, 7) is 2.89. The number of nitrogens with zero attached hydrogens (tertiary/aromatic N) is 2. The highest BCUT2D eigenvalue weighted by molar-refractivity contribution is 5.99. The number of rotatable bonds is 4. The number of halogens is 1. The number of benzene rings is 1. The molecule has 1 amide bonds. The number of carbonyl (C=O) groups is 1. The van der Waals surface area contributed by atoms with Crippen molar-refractivity contribution in [2.24, 2.45) is 0 Å². The Morgan fingerprint density at radius 2 is 2.00 bits per heavy atom. The molecule has 20 heavy (non-hydrogen) atoms. The fourth-order valence-electron chi connectivity index (χ4n) is 1.93. The van der Waals surface area contributed by atoms with E-state index in [0.29, 0.717) is 18.7 Å². The molecule has 0 saturated carbocycles.